The molecule has 0 spiro atoms. The van der Waals surface area contributed by atoms with E-state index < -0.39 is 4.92 Å². The third-order valence-electron chi connectivity index (χ3n) is 4.25. The molecule has 0 N–H and O–H groups in total. The number of benzene rings is 2. The smallest absolute Gasteiger partial charge is 0.269 e. The molecule has 0 aliphatic carbocycles. The average Bonchev–Trinajstić information content (AvgIpc) is 2.98. The van der Waals surface area contributed by atoms with Gasteiger partial charge in [0.1, 0.15) is 12.4 Å². The van der Waals surface area contributed by atoms with Crippen LogP contribution in [0, 0.1) is 10.1 Å². The van der Waals surface area contributed by atoms with Crippen LogP contribution in [-0.2, 0) is 9.47 Å². The summed E-state index contributed by atoms with van der Waals surface area (Å²) in [5.74, 6) is -0.0703. The van der Waals surface area contributed by atoms with E-state index in [1.54, 1.807) is 24.3 Å². The Bertz CT molecular complexity index is 848. The van der Waals surface area contributed by atoms with Crippen molar-refractivity contribution in [1.29, 1.82) is 0 Å². The molecule has 0 saturated heterocycles. The topological polar surface area (TPSA) is 108 Å². The number of rotatable bonds is 11. The molecule has 2 amide bonds. The molecule has 2 aromatic carbocycles. The van der Waals surface area contributed by atoms with Crippen LogP contribution in [0.25, 0.3) is 0 Å². The largest absolute Gasteiger partial charge is 0.491 e. The van der Waals surface area contributed by atoms with E-state index in [1.165, 1.54) is 29.2 Å². The first-order chi connectivity index (χ1) is 14.1. The van der Waals surface area contributed by atoms with E-state index in [0.29, 0.717) is 43.3 Å². The van der Waals surface area contributed by atoms with Crippen LogP contribution in [0.15, 0.2) is 48.5 Å². The molecular weight excluding hydrogens is 380 g/mol. The van der Waals surface area contributed by atoms with Gasteiger partial charge in [-0.2, -0.15) is 0 Å². The lowest BCUT2D eigenvalue weighted by atomic mass is 10.1. The van der Waals surface area contributed by atoms with Gasteiger partial charge in [0, 0.05) is 12.1 Å². The lowest BCUT2D eigenvalue weighted by Crippen LogP contribution is -2.33. The quantitative estimate of drug-likeness (QED) is 0.246. The van der Waals surface area contributed by atoms with Gasteiger partial charge < -0.3 is 14.2 Å². The third kappa shape index (κ3) is 5.15. The Hall–Kier alpha value is -3.30. The summed E-state index contributed by atoms with van der Waals surface area (Å²) in [5.41, 5.74) is 0.856. The van der Waals surface area contributed by atoms with E-state index in [1.807, 2.05) is 0 Å². The van der Waals surface area contributed by atoms with Crippen LogP contribution < -0.4 is 4.74 Å². The zero-order chi connectivity index (χ0) is 20.6. The number of fused-ring (bicyclic) bond motifs is 1. The second-order valence-corrected chi connectivity index (χ2v) is 6.13. The van der Waals surface area contributed by atoms with Crippen LogP contribution >= 0.6 is 0 Å². The van der Waals surface area contributed by atoms with Gasteiger partial charge in [0.05, 0.1) is 49.0 Å². The highest BCUT2D eigenvalue weighted by Crippen LogP contribution is 2.22. The van der Waals surface area contributed by atoms with E-state index in [4.69, 9.17) is 14.2 Å². The molecule has 152 valence electrons. The van der Waals surface area contributed by atoms with Gasteiger partial charge in [0.25, 0.3) is 17.5 Å². The molecule has 0 aromatic heterocycles. The molecule has 1 heterocycles. The minimum absolute atomic E-state index is 0.00644. The summed E-state index contributed by atoms with van der Waals surface area (Å²) < 4.78 is 16.2. The Kier molecular flexibility index (Phi) is 6.88. The predicted molar refractivity (Wildman–Crippen MR) is 102 cm³/mol. The number of hydrogen-bond acceptors (Lipinski definition) is 7. The predicted octanol–water partition coefficient (Wildman–Crippen LogP) is 2.30. The van der Waals surface area contributed by atoms with Gasteiger partial charge in [0.15, 0.2) is 0 Å². The van der Waals surface area contributed by atoms with Gasteiger partial charge >= 0.3 is 0 Å². The van der Waals surface area contributed by atoms with E-state index in [9.17, 15) is 19.7 Å². The van der Waals surface area contributed by atoms with Crippen molar-refractivity contribution < 1.29 is 28.7 Å². The molecule has 0 fully saturated rings. The highest BCUT2D eigenvalue weighted by atomic mass is 16.6. The van der Waals surface area contributed by atoms with Gasteiger partial charge in [-0.05, 0) is 24.3 Å². The summed E-state index contributed by atoms with van der Waals surface area (Å²) in [7, 11) is 0. The molecule has 2 aromatic rings. The number of amides is 2. The summed E-state index contributed by atoms with van der Waals surface area (Å²) in [5, 5.41) is 10.6. The molecule has 0 saturated carbocycles. The number of carbonyl (C=O) groups excluding carboxylic acids is 2. The zero-order valence-corrected chi connectivity index (χ0v) is 15.6. The van der Waals surface area contributed by atoms with Crippen LogP contribution in [-0.4, -0.2) is 61.2 Å². The summed E-state index contributed by atoms with van der Waals surface area (Å²) in [6.07, 6.45) is 0. The van der Waals surface area contributed by atoms with Crippen molar-refractivity contribution in [1.82, 2.24) is 4.90 Å². The lowest BCUT2D eigenvalue weighted by molar-refractivity contribution is -0.384. The van der Waals surface area contributed by atoms with Crippen molar-refractivity contribution in [3.8, 4) is 5.75 Å². The van der Waals surface area contributed by atoms with Crippen LogP contribution in [0.5, 0.6) is 5.75 Å². The van der Waals surface area contributed by atoms with Gasteiger partial charge in [-0.3, -0.25) is 24.6 Å². The minimum Gasteiger partial charge on any atom is -0.491 e. The average molecular weight is 400 g/mol. The molecule has 1 aliphatic heterocycles. The molecule has 1 aliphatic rings. The molecule has 0 radical (unpaired) electrons. The Labute approximate surface area is 166 Å². The van der Waals surface area contributed by atoms with Crippen molar-refractivity contribution >= 4 is 17.5 Å². The number of nitrogens with zero attached hydrogens (tertiary/aromatic N) is 2. The van der Waals surface area contributed by atoms with Gasteiger partial charge in [-0.1, -0.05) is 12.1 Å². The Balaban J connectivity index is 1.24. The van der Waals surface area contributed by atoms with Crippen molar-refractivity contribution in [3.05, 3.63) is 69.8 Å². The fourth-order valence-electron chi connectivity index (χ4n) is 2.80. The van der Waals surface area contributed by atoms with Crippen molar-refractivity contribution in [2.24, 2.45) is 0 Å². The number of nitro benzene ring substituents is 1. The Morgan fingerprint density at radius 1 is 0.793 bits per heavy atom. The fraction of sp³-hybridized carbons (Fsp3) is 0.300. The highest BCUT2D eigenvalue weighted by molar-refractivity contribution is 6.21. The summed E-state index contributed by atoms with van der Waals surface area (Å²) >= 11 is 0. The minimum atomic E-state index is -0.471. The normalized spacial score (nSPS) is 12.9. The van der Waals surface area contributed by atoms with Crippen LogP contribution in [0.4, 0.5) is 5.69 Å². The van der Waals surface area contributed by atoms with Crippen LogP contribution in [0.2, 0.25) is 0 Å². The zero-order valence-electron chi connectivity index (χ0n) is 15.6. The first kappa shape index (κ1) is 20.4. The van der Waals surface area contributed by atoms with E-state index in [-0.39, 0.29) is 30.7 Å². The first-order valence-electron chi connectivity index (χ1n) is 9.06. The second kappa shape index (κ2) is 9.76. The molecule has 0 atom stereocenters. The maximum Gasteiger partial charge on any atom is 0.269 e. The van der Waals surface area contributed by atoms with Crippen LogP contribution in [0.3, 0.4) is 0 Å². The fourth-order valence-corrected chi connectivity index (χ4v) is 2.80. The van der Waals surface area contributed by atoms with Crippen molar-refractivity contribution in [2.45, 2.75) is 0 Å². The lowest BCUT2D eigenvalue weighted by Gasteiger charge is -2.13. The molecule has 3 rings (SSSR count). The second-order valence-electron chi connectivity index (χ2n) is 6.13. The van der Waals surface area contributed by atoms with E-state index >= 15 is 0 Å². The van der Waals surface area contributed by atoms with Crippen LogP contribution in [0.1, 0.15) is 20.7 Å². The Morgan fingerprint density at radius 3 is 1.93 bits per heavy atom. The van der Waals surface area contributed by atoms with Gasteiger partial charge in [-0.25, -0.2) is 0 Å². The molecule has 0 unspecified atom stereocenters. The number of carbonyl (C=O) groups is 2. The SMILES string of the molecule is O=C1c2ccccc2C(=O)N1CCOCCOCCOc1ccc([N+](=O)[O-])cc1. The maximum absolute atomic E-state index is 12.2. The number of non-ortho nitro benzene ring substituents is 1. The molecule has 0 bridgehead atoms. The van der Waals surface area contributed by atoms with Crippen molar-refractivity contribution in [3.63, 3.8) is 0 Å². The summed E-state index contributed by atoms with van der Waals surface area (Å²) in [6.45, 7) is 1.71. The number of nitro groups is 1. The number of ether oxygens (including phenoxy) is 3. The first-order valence-corrected chi connectivity index (χ1v) is 9.06. The van der Waals surface area contributed by atoms with E-state index in [0.717, 1.165) is 0 Å². The van der Waals surface area contributed by atoms with E-state index in [2.05, 4.69) is 0 Å². The summed E-state index contributed by atoms with van der Waals surface area (Å²) in [4.78, 5) is 35.7. The number of imide groups is 1. The number of hydrogen-bond donors (Lipinski definition) is 0. The molecule has 9 nitrogen and oxygen atoms in total. The molecule has 29 heavy (non-hydrogen) atoms. The standard InChI is InChI=1S/C20H20N2O7/c23-19-17-3-1-2-4-18(17)20(24)21(19)9-10-27-11-12-28-13-14-29-16-7-5-15(6-8-16)22(25)26/h1-8H,9-14H2. The van der Waals surface area contributed by atoms with Gasteiger partial charge in [0.2, 0.25) is 0 Å². The van der Waals surface area contributed by atoms with Crippen molar-refractivity contribution in [2.75, 3.05) is 39.6 Å². The monoisotopic (exact) mass is 400 g/mol. The molecule has 9 heteroatoms. The third-order valence-corrected chi connectivity index (χ3v) is 4.25. The van der Waals surface area contributed by atoms with Gasteiger partial charge in [-0.15, -0.1) is 0 Å². The molecular formula is C20H20N2O7. The Morgan fingerprint density at radius 2 is 1.34 bits per heavy atom. The highest BCUT2D eigenvalue weighted by Gasteiger charge is 2.34. The maximum atomic E-state index is 12.2. The summed E-state index contributed by atoms with van der Waals surface area (Å²) in [6, 6.07) is 12.5.